The summed E-state index contributed by atoms with van der Waals surface area (Å²) < 4.78 is 10.3. The van der Waals surface area contributed by atoms with Crippen LogP contribution in [0.25, 0.3) is 0 Å². The smallest absolute Gasteiger partial charge is 0.323 e. The minimum Gasteiger partial charge on any atom is -0.465 e. The summed E-state index contributed by atoms with van der Waals surface area (Å²) in [5.41, 5.74) is 0. The maximum Gasteiger partial charge on any atom is 0.323 e. The standard InChI is InChI=1S/C15H30N2O3/c1-4-8-16-14(15(18)20-5-2)7-10-17-9-6-13(11-17)12-19-3/h13-14,16H,4-12H2,1-3H3. The summed E-state index contributed by atoms with van der Waals surface area (Å²) in [6.45, 7) is 9.23. The molecule has 5 heteroatoms. The minimum absolute atomic E-state index is 0.117. The van der Waals surface area contributed by atoms with Crippen LogP contribution in [0.1, 0.15) is 33.1 Å². The van der Waals surface area contributed by atoms with Crippen molar-refractivity contribution in [2.75, 3.05) is 46.5 Å². The van der Waals surface area contributed by atoms with Crippen molar-refractivity contribution in [3.8, 4) is 0 Å². The number of nitrogens with zero attached hydrogens (tertiary/aromatic N) is 1. The first kappa shape index (κ1) is 17.4. The Morgan fingerprint density at radius 2 is 2.25 bits per heavy atom. The molecule has 1 fully saturated rings. The zero-order valence-corrected chi connectivity index (χ0v) is 13.2. The Balaban J connectivity index is 2.32. The molecule has 0 bridgehead atoms. The molecule has 2 atom stereocenters. The number of esters is 1. The van der Waals surface area contributed by atoms with Crippen LogP contribution in [-0.2, 0) is 14.3 Å². The van der Waals surface area contributed by atoms with Crippen molar-refractivity contribution in [1.29, 1.82) is 0 Å². The second kappa shape index (κ2) is 10.1. The van der Waals surface area contributed by atoms with Crippen molar-refractivity contribution >= 4 is 5.97 Å². The fourth-order valence-corrected chi connectivity index (χ4v) is 2.66. The van der Waals surface area contributed by atoms with Crippen LogP contribution in [0.2, 0.25) is 0 Å². The Morgan fingerprint density at radius 3 is 2.90 bits per heavy atom. The molecule has 1 rings (SSSR count). The van der Waals surface area contributed by atoms with Crippen LogP contribution in [0.15, 0.2) is 0 Å². The van der Waals surface area contributed by atoms with E-state index in [1.165, 1.54) is 6.42 Å². The summed E-state index contributed by atoms with van der Waals surface area (Å²) in [6.07, 6.45) is 3.04. The predicted octanol–water partition coefficient (Wildman–Crippen LogP) is 1.28. The summed E-state index contributed by atoms with van der Waals surface area (Å²) in [6, 6.07) is -0.170. The lowest BCUT2D eigenvalue weighted by Gasteiger charge is -2.21. The number of methoxy groups -OCH3 is 1. The molecule has 20 heavy (non-hydrogen) atoms. The van der Waals surface area contributed by atoms with Crippen molar-refractivity contribution in [3.63, 3.8) is 0 Å². The quantitative estimate of drug-likeness (QED) is 0.613. The zero-order valence-electron chi connectivity index (χ0n) is 13.2. The van der Waals surface area contributed by atoms with E-state index >= 15 is 0 Å². The van der Waals surface area contributed by atoms with Gasteiger partial charge in [0, 0.05) is 20.2 Å². The van der Waals surface area contributed by atoms with Gasteiger partial charge in [-0.3, -0.25) is 4.79 Å². The average molecular weight is 286 g/mol. The van der Waals surface area contributed by atoms with Crippen LogP contribution < -0.4 is 5.32 Å². The molecule has 0 spiro atoms. The summed E-state index contributed by atoms with van der Waals surface area (Å²) in [4.78, 5) is 14.3. The van der Waals surface area contributed by atoms with Crippen molar-refractivity contribution < 1.29 is 14.3 Å². The van der Waals surface area contributed by atoms with E-state index in [0.717, 1.165) is 45.6 Å². The first-order chi connectivity index (χ1) is 9.71. The molecule has 1 heterocycles. The van der Waals surface area contributed by atoms with Gasteiger partial charge in [0.1, 0.15) is 6.04 Å². The highest BCUT2D eigenvalue weighted by Gasteiger charge is 2.25. The Morgan fingerprint density at radius 1 is 1.45 bits per heavy atom. The van der Waals surface area contributed by atoms with Gasteiger partial charge in [-0.25, -0.2) is 0 Å². The van der Waals surface area contributed by atoms with Crippen LogP contribution in [0.5, 0.6) is 0 Å². The second-order valence-corrected chi connectivity index (χ2v) is 5.46. The molecule has 1 N–H and O–H groups in total. The highest BCUT2D eigenvalue weighted by Crippen LogP contribution is 2.16. The first-order valence-corrected chi connectivity index (χ1v) is 7.82. The summed E-state index contributed by atoms with van der Waals surface area (Å²) in [7, 11) is 1.76. The predicted molar refractivity (Wildman–Crippen MR) is 79.8 cm³/mol. The Labute approximate surface area is 123 Å². The lowest BCUT2D eigenvalue weighted by Crippen LogP contribution is -2.41. The monoisotopic (exact) mass is 286 g/mol. The average Bonchev–Trinajstić information content (AvgIpc) is 2.87. The van der Waals surface area contributed by atoms with Crippen LogP contribution in [0.4, 0.5) is 0 Å². The number of rotatable bonds is 10. The van der Waals surface area contributed by atoms with Crippen LogP contribution in [0.3, 0.4) is 0 Å². The molecule has 1 aliphatic heterocycles. The first-order valence-electron chi connectivity index (χ1n) is 7.82. The molecule has 0 radical (unpaired) electrons. The molecule has 1 aliphatic rings. The molecule has 0 aromatic rings. The third kappa shape index (κ3) is 6.20. The van der Waals surface area contributed by atoms with Crippen molar-refractivity contribution in [3.05, 3.63) is 0 Å². The number of hydrogen-bond acceptors (Lipinski definition) is 5. The van der Waals surface area contributed by atoms with E-state index in [1.54, 1.807) is 7.11 Å². The van der Waals surface area contributed by atoms with Gasteiger partial charge in [-0.15, -0.1) is 0 Å². The van der Waals surface area contributed by atoms with Crippen LogP contribution in [-0.4, -0.2) is 63.4 Å². The van der Waals surface area contributed by atoms with Gasteiger partial charge in [-0.2, -0.15) is 0 Å². The van der Waals surface area contributed by atoms with Crippen molar-refractivity contribution in [1.82, 2.24) is 10.2 Å². The van der Waals surface area contributed by atoms with E-state index < -0.39 is 0 Å². The summed E-state index contributed by atoms with van der Waals surface area (Å²) >= 11 is 0. The molecular formula is C15H30N2O3. The van der Waals surface area contributed by atoms with Gasteiger partial charge in [0.2, 0.25) is 0 Å². The maximum absolute atomic E-state index is 11.9. The molecule has 0 saturated carbocycles. The molecule has 2 unspecified atom stereocenters. The number of hydrogen-bond donors (Lipinski definition) is 1. The number of carbonyl (C=O) groups is 1. The molecule has 5 nitrogen and oxygen atoms in total. The molecule has 0 amide bonds. The zero-order chi connectivity index (χ0) is 14.8. The molecular weight excluding hydrogens is 256 g/mol. The van der Waals surface area contributed by atoms with Gasteiger partial charge in [-0.1, -0.05) is 6.92 Å². The lowest BCUT2D eigenvalue weighted by atomic mass is 10.1. The summed E-state index contributed by atoms with van der Waals surface area (Å²) in [5.74, 6) is 0.526. The van der Waals surface area contributed by atoms with Gasteiger partial charge in [0.15, 0.2) is 0 Å². The maximum atomic E-state index is 11.9. The fourth-order valence-electron chi connectivity index (χ4n) is 2.66. The highest BCUT2D eigenvalue weighted by atomic mass is 16.5. The number of nitrogens with one attached hydrogen (secondary N) is 1. The lowest BCUT2D eigenvalue weighted by molar-refractivity contribution is -0.145. The largest absolute Gasteiger partial charge is 0.465 e. The van der Waals surface area contributed by atoms with E-state index in [1.807, 2.05) is 6.92 Å². The molecule has 0 aliphatic carbocycles. The van der Waals surface area contributed by atoms with E-state index in [-0.39, 0.29) is 12.0 Å². The number of ether oxygens (including phenoxy) is 2. The van der Waals surface area contributed by atoms with Crippen molar-refractivity contribution in [2.24, 2.45) is 5.92 Å². The van der Waals surface area contributed by atoms with E-state index in [2.05, 4.69) is 17.1 Å². The van der Waals surface area contributed by atoms with Gasteiger partial charge in [0.25, 0.3) is 0 Å². The Hall–Kier alpha value is -0.650. The molecule has 118 valence electrons. The number of carbonyl (C=O) groups excluding carboxylic acids is 1. The van der Waals surface area contributed by atoms with Gasteiger partial charge in [-0.05, 0) is 45.2 Å². The van der Waals surface area contributed by atoms with Crippen LogP contribution >= 0.6 is 0 Å². The highest BCUT2D eigenvalue weighted by molar-refractivity contribution is 5.75. The Bertz CT molecular complexity index is 274. The minimum atomic E-state index is -0.170. The Kier molecular flexibility index (Phi) is 8.82. The molecule has 0 aromatic carbocycles. The second-order valence-electron chi connectivity index (χ2n) is 5.46. The van der Waals surface area contributed by atoms with Crippen LogP contribution in [0, 0.1) is 5.92 Å². The molecule has 0 aromatic heterocycles. The van der Waals surface area contributed by atoms with E-state index in [0.29, 0.717) is 12.5 Å². The number of likely N-dealkylation sites (tertiary alicyclic amines) is 1. The van der Waals surface area contributed by atoms with Gasteiger partial charge in [0.05, 0.1) is 13.2 Å². The van der Waals surface area contributed by atoms with Crippen molar-refractivity contribution in [2.45, 2.75) is 39.2 Å². The molecule has 1 saturated heterocycles. The topological polar surface area (TPSA) is 50.8 Å². The third-order valence-electron chi connectivity index (χ3n) is 3.72. The third-order valence-corrected chi connectivity index (χ3v) is 3.72. The summed E-state index contributed by atoms with van der Waals surface area (Å²) in [5, 5.41) is 3.29. The normalized spacial score (nSPS) is 21.1. The van der Waals surface area contributed by atoms with E-state index in [4.69, 9.17) is 9.47 Å². The van der Waals surface area contributed by atoms with E-state index in [9.17, 15) is 4.79 Å². The van der Waals surface area contributed by atoms with Gasteiger partial charge >= 0.3 is 5.97 Å². The van der Waals surface area contributed by atoms with Gasteiger partial charge < -0.3 is 19.7 Å². The fraction of sp³-hybridized carbons (Fsp3) is 0.933. The SMILES string of the molecule is CCCNC(CCN1CCC(COC)C1)C(=O)OCC.